The molecule has 0 spiro atoms. The minimum absolute atomic E-state index is 0.356. The summed E-state index contributed by atoms with van der Waals surface area (Å²) in [6.07, 6.45) is 14.1. The van der Waals surface area contributed by atoms with Crippen LogP contribution in [0.1, 0.15) is 67.3 Å². The van der Waals surface area contributed by atoms with Gasteiger partial charge in [-0.1, -0.05) is 97.5 Å². The number of benzene rings is 2. The van der Waals surface area contributed by atoms with Crippen molar-refractivity contribution in [3.8, 4) is 11.1 Å². The zero-order chi connectivity index (χ0) is 25.6. The summed E-state index contributed by atoms with van der Waals surface area (Å²) in [5.41, 5.74) is 15.5. The fourth-order valence-corrected chi connectivity index (χ4v) is 6.91. The molecule has 2 aromatic carbocycles. The average molecular weight is 475 g/mol. The normalized spacial score (nSPS) is 25.3. The zero-order valence-corrected chi connectivity index (χ0v) is 22.8. The smallest absolute Gasteiger partial charge is 0.00826 e. The van der Waals surface area contributed by atoms with Gasteiger partial charge in [-0.05, 0) is 116 Å². The van der Waals surface area contributed by atoms with Gasteiger partial charge in [-0.3, -0.25) is 0 Å². The molecule has 1 fully saturated rings. The van der Waals surface area contributed by atoms with Crippen molar-refractivity contribution >= 4 is 6.08 Å². The minimum Gasteiger partial charge on any atom is -0.0999 e. The maximum atomic E-state index is 4.43. The first-order valence-corrected chi connectivity index (χ1v) is 13.8. The van der Waals surface area contributed by atoms with Gasteiger partial charge in [0.05, 0.1) is 0 Å². The van der Waals surface area contributed by atoms with Gasteiger partial charge in [-0.25, -0.2) is 0 Å². The second-order valence-corrected chi connectivity index (χ2v) is 11.9. The van der Waals surface area contributed by atoms with Crippen LogP contribution in [0.5, 0.6) is 0 Å². The summed E-state index contributed by atoms with van der Waals surface area (Å²) in [6, 6.07) is 11.7. The molecule has 0 aliphatic heterocycles. The van der Waals surface area contributed by atoms with Crippen molar-refractivity contribution in [3.63, 3.8) is 0 Å². The van der Waals surface area contributed by atoms with Gasteiger partial charge in [0.25, 0.3) is 0 Å². The molecule has 0 heterocycles. The highest BCUT2D eigenvalue weighted by Gasteiger charge is 2.29. The number of allylic oxidation sites excluding steroid dienone is 6. The third-order valence-corrected chi connectivity index (χ3v) is 9.16. The first kappa shape index (κ1) is 24.8. The Kier molecular flexibility index (Phi) is 6.82. The molecule has 0 saturated heterocycles. The summed E-state index contributed by atoms with van der Waals surface area (Å²) in [5, 5.41) is 0. The predicted molar refractivity (Wildman–Crippen MR) is 157 cm³/mol. The highest BCUT2D eigenvalue weighted by atomic mass is 14.3. The molecule has 3 aliphatic rings. The van der Waals surface area contributed by atoms with Gasteiger partial charge >= 0.3 is 0 Å². The number of hydrogen-bond acceptors (Lipinski definition) is 0. The zero-order valence-electron chi connectivity index (χ0n) is 22.8. The van der Waals surface area contributed by atoms with E-state index in [4.69, 9.17) is 0 Å². The third-order valence-electron chi connectivity index (χ3n) is 9.16. The van der Waals surface area contributed by atoms with Crippen LogP contribution < -0.4 is 0 Å². The highest BCUT2D eigenvalue weighted by molar-refractivity contribution is 5.80. The Balaban J connectivity index is 1.44. The van der Waals surface area contributed by atoms with E-state index in [9.17, 15) is 0 Å². The van der Waals surface area contributed by atoms with Crippen LogP contribution in [0.4, 0.5) is 0 Å². The van der Waals surface area contributed by atoms with E-state index in [1.54, 1.807) is 5.56 Å². The highest BCUT2D eigenvalue weighted by Crippen LogP contribution is 2.43. The van der Waals surface area contributed by atoms with Crippen LogP contribution in [0.2, 0.25) is 0 Å². The van der Waals surface area contributed by atoms with Gasteiger partial charge in [-0.15, -0.1) is 0 Å². The summed E-state index contributed by atoms with van der Waals surface area (Å²) in [4.78, 5) is 0. The quantitative estimate of drug-likeness (QED) is 0.365. The number of hydrogen-bond donors (Lipinski definition) is 0. The van der Waals surface area contributed by atoms with Crippen molar-refractivity contribution < 1.29 is 0 Å². The topological polar surface area (TPSA) is 0 Å². The Bertz CT molecular complexity index is 1290. The van der Waals surface area contributed by atoms with Crippen molar-refractivity contribution in [3.05, 3.63) is 112 Å². The minimum atomic E-state index is 0.356. The lowest BCUT2D eigenvalue weighted by molar-refractivity contribution is 0.522. The number of rotatable bonds is 6. The molecule has 0 nitrogen and oxygen atoms in total. The molecule has 3 aliphatic carbocycles. The van der Waals surface area contributed by atoms with Crippen molar-refractivity contribution in [2.75, 3.05) is 0 Å². The fraction of sp³-hybridized carbons (Fsp3) is 0.389. The molecule has 36 heavy (non-hydrogen) atoms. The monoisotopic (exact) mass is 474 g/mol. The number of fused-ring (bicyclic) bond motifs is 1. The van der Waals surface area contributed by atoms with Crippen molar-refractivity contribution in [2.45, 2.75) is 66.2 Å². The van der Waals surface area contributed by atoms with Gasteiger partial charge in [0.15, 0.2) is 0 Å². The van der Waals surface area contributed by atoms with Crippen molar-refractivity contribution in [1.29, 1.82) is 0 Å². The molecule has 0 aromatic heterocycles. The first-order chi connectivity index (χ1) is 17.2. The lowest BCUT2D eigenvalue weighted by atomic mass is 9.77. The summed E-state index contributed by atoms with van der Waals surface area (Å²) in [5.74, 6) is 2.25. The molecule has 0 amide bonds. The van der Waals surface area contributed by atoms with Crippen molar-refractivity contribution in [2.24, 2.45) is 23.7 Å². The summed E-state index contributed by atoms with van der Waals surface area (Å²) in [7, 11) is 0. The van der Waals surface area contributed by atoms with Crippen LogP contribution in [0.3, 0.4) is 0 Å². The molecule has 5 rings (SSSR count). The van der Waals surface area contributed by atoms with Gasteiger partial charge in [-0.2, -0.15) is 0 Å². The Labute approximate surface area is 219 Å². The molecule has 0 radical (unpaired) electrons. The Morgan fingerprint density at radius 2 is 1.83 bits per heavy atom. The fourth-order valence-electron chi connectivity index (χ4n) is 6.91. The standard InChI is InChI=1S/C36H42/c1-22(2)30-14-13-28(17-30)19-34-26(6)15-23(3)16-36(34)32-10-8-9-31-18-29(21-35(31)32)20-33-25(5)12-11-24(4)27(33)7/h8-12,15-16,18,24,28,30,33H,1,5,7,13-14,17,19-21H2,2-4,6H3. The second-order valence-electron chi connectivity index (χ2n) is 11.9. The van der Waals surface area contributed by atoms with Gasteiger partial charge in [0.2, 0.25) is 0 Å². The largest absolute Gasteiger partial charge is 0.0999 e. The van der Waals surface area contributed by atoms with Gasteiger partial charge in [0.1, 0.15) is 0 Å². The van der Waals surface area contributed by atoms with Crippen molar-refractivity contribution in [1.82, 2.24) is 0 Å². The second kappa shape index (κ2) is 9.89. The molecule has 186 valence electrons. The van der Waals surface area contributed by atoms with E-state index >= 15 is 0 Å². The summed E-state index contributed by atoms with van der Waals surface area (Å²) in [6.45, 7) is 22.1. The van der Waals surface area contributed by atoms with E-state index < -0.39 is 0 Å². The van der Waals surface area contributed by atoms with Crippen LogP contribution in [0, 0.1) is 37.5 Å². The maximum absolute atomic E-state index is 4.43. The Hall–Kier alpha value is -2.86. The molecule has 0 N–H and O–H groups in total. The maximum Gasteiger partial charge on any atom is 0.00826 e. The van der Waals surface area contributed by atoms with Crippen LogP contribution in [0.15, 0.2) is 84.5 Å². The van der Waals surface area contributed by atoms with Crippen LogP contribution >= 0.6 is 0 Å². The molecule has 1 saturated carbocycles. The molecule has 4 unspecified atom stereocenters. The Morgan fingerprint density at radius 3 is 2.58 bits per heavy atom. The molecular weight excluding hydrogens is 432 g/mol. The van der Waals surface area contributed by atoms with Crippen LogP contribution in [-0.2, 0) is 12.8 Å². The SMILES string of the molecule is C=C(C)C1CCC(Cc2c(C)cc(C)cc2-c2cccc3c2CC(CC2C(=C)C=CC(C)C2=C)=C3)C1. The molecule has 2 aromatic rings. The average Bonchev–Trinajstić information content (AvgIpc) is 3.47. The number of aryl methyl sites for hydroxylation is 2. The van der Waals surface area contributed by atoms with Crippen LogP contribution in [0.25, 0.3) is 17.2 Å². The van der Waals surface area contributed by atoms with Crippen LogP contribution in [-0.4, -0.2) is 0 Å². The molecular formula is C36H42. The van der Waals surface area contributed by atoms with Gasteiger partial charge in [0, 0.05) is 5.92 Å². The van der Waals surface area contributed by atoms with Gasteiger partial charge < -0.3 is 0 Å². The van der Waals surface area contributed by atoms with E-state index in [2.05, 4.69) is 96.0 Å². The van der Waals surface area contributed by atoms with E-state index in [1.165, 1.54) is 81.4 Å². The van der Waals surface area contributed by atoms with E-state index in [0.29, 0.717) is 17.8 Å². The summed E-state index contributed by atoms with van der Waals surface area (Å²) >= 11 is 0. The van der Waals surface area contributed by atoms with E-state index in [-0.39, 0.29) is 0 Å². The Morgan fingerprint density at radius 1 is 1.03 bits per heavy atom. The lowest BCUT2D eigenvalue weighted by Gasteiger charge is -2.28. The molecule has 0 bridgehead atoms. The van der Waals surface area contributed by atoms with E-state index in [0.717, 1.165) is 18.8 Å². The summed E-state index contributed by atoms with van der Waals surface area (Å²) < 4.78 is 0. The third kappa shape index (κ3) is 4.75. The first-order valence-electron chi connectivity index (χ1n) is 13.8. The predicted octanol–water partition coefficient (Wildman–Crippen LogP) is 9.77. The molecule has 0 heteroatoms. The molecule has 4 atom stereocenters. The van der Waals surface area contributed by atoms with E-state index in [1.807, 2.05) is 0 Å². The lowest BCUT2D eigenvalue weighted by Crippen LogP contribution is -2.15.